The summed E-state index contributed by atoms with van der Waals surface area (Å²) in [6.45, 7) is 6.20. The van der Waals surface area contributed by atoms with E-state index in [0.717, 1.165) is 61.2 Å². The Morgan fingerprint density at radius 2 is 1.79 bits per heavy atom. The molecule has 1 aromatic carbocycles. The molecule has 4 aliphatic rings. The number of anilines is 1. The lowest BCUT2D eigenvalue weighted by atomic mass is 9.46. The van der Waals surface area contributed by atoms with Gasteiger partial charge in [-0.3, -0.25) is 9.48 Å². The van der Waals surface area contributed by atoms with Crippen LogP contribution in [0, 0.1) is 48.1 Å². The fraction of sp³-hybridized carbons (Fsp3) is 0.536. The molecule has 1 N–H and O–H groups in total. The van der Waals surface area contributed by atoms with Crippen molar-refractivity contribution in [3.63, 3.8) is 0 Å². The van der Waals surface area contributed by atoms with Crippen LogP contribution in [0.15, 0.2) is 24.3 Å². The van der Waals surface area contributed by atoms with E-state index in [-0.39, 0.29) is 27.7 Å². The van der Waals surface area contributed by atoms with Crippen molar-refractivity contribution in [2.75, 3.05) is 5.32 Å². The van der Waals surface area contributed by atoms with Crippen molar-refractivity contribution in [1.82, 2.24) is 19.6 Å². The van der Waals surface area contributed by atoms with Crippen molar-refractivity contribution in [3.8, 4) is 0 Å². The summed E-state index contributed by atoms with van der Waals surface area (Å²) >= 11 is 12.7. The summed E-state index contributed by atoms with van der Waals surface area (Å²) in [6.07, 6.45) is 6.18. The number of nitrogens with zero attached hydrogens (tertiary/aromatic N) is 5. The third-order valence-electron chi connectivity index (χ3n) is 9.26. The first-order valence-electron chi connectivity index (χ1n) is 13.5. The lowest BCUT2D eigenvalue weighted by Gasteiger charge is -2.61. The number of hydrogen-bond donors (Lipinski definition) is 1. The predicted molar refractivity (Wildman–Crippen MR) is 149 cm³/mol. The van der Waals surface area contributed by atoms with Crippen LogP contribution < -0.4 is 5.32 Å². The zero-order chi connectivity index (χ0) is 27.7. The molecule has 0 spiro atoms. The average Bonchev–Trinajstić information content (AvgIpc) is 3.30. The number of aryl methyl sites for hydroxylation is 1. The van der Waals surface area contributed by atoms with E-state index < -0.39 is 4.92 Å². The first kappa shape index (κ1) is 26.3. The number of hydrogen-bond acceptors (Lipinski definition) is 5. The largest absolute Gasteiger partial charge is 0.408 e. The van der Waals surface area contributed by atoms with Gasteiger partial charge in [0, 0.05) is 11.4 Å². The topological polar surface area (TPSA) is 108 Å². The minimum atomic E-state index is -0.508. The highest BCUT2D eigenvalue weighted by molar-refractivity contribution is 6.33. The van der Waals surface area contributed by atoms with Gasteiger partial charge in [0.2, 0.25) is 5.91 Å². The number of carbonyl (C=O) groups is 1. The third kappa shape index (κ3) is 4.43. The van der Waals surface area contributed by atoms with Gasteiger partial charge in [-0.1, -0.05) is 41.4 Å². The van der Waals surface area contributed by atoms with E-state index in [1.165, 1.54) is 0 Å². The number of halogens is 2. The Hall–Kier alpha value is -2.91. The van der Waals surface area contributed by atoms with Gasteiger partial charge in [-0.15, -0.1) is 0 Å². The van der Waals surface area contributed by atoms with Gasteiger partial charge in [-0.2, -0.15) is 9.78 Å². The summed E-state index contributed by atoms with van der Waals surface area (Å²) in [4.78, 5) is 24.6. The van der Waals surface area contributed by atoms with E-state index in [1.807, 2.05) is 54.4 Å². The fourth-order valence-electron chi connectivity index (χ4n) is 8.25. The van der Waals surface area contributed by atoms with Gasteiger partial charge in [0.1, 0.15) is 0 Å². The van der Waals surface area contributed by atoms with Crippen LogP contribution in [-0.4, -0.2) is 30.4 Å². The molecule has 4 bridgehead atoms. The molecule has 11 heteroatoms. The van der Waals surface area contributed by atoms with Gasteiger partial charge in [0.05, 0.1) is 40.0 Å². The Bertz CT molecular complexity index is 1480. The summed E-state index contributed by atoms with van der Waals surface area (Å²) in [7, 11) is 0. The number of amides is 1. The molecular weight excluding hydrogens is 539 g/mol. The zero-order valence-corrected chi connectivity index (χ0v) is 23.8. The highest BCUT2D eigenvalue weighted by atomic mass is 35.5. The van der Waals surface area contributed by atoms with Crippen molar-refractivity contribution in [2.45, 2.75) is 77.8 Å². The molecule has 2 heterocycles. The van der Waals surface area contributed by atoms with Crippen molar-refractivity contribution >= 4 is 40.6 Å². The predicted octanol–water partition coefficient (Wildman–Crippen LogP) is 6.59. The van der Waals surface area contributed by atoms with Crippen molar-refractivity contribution in [1.29, 1.82) is 0 Å². The monoisotopic (exact) mass is 570 g/mol. The van der Waals surface area contributed by atoms with Gasteiger partial charge in [0.15, 0.2) is 5.02 Å². The molecule has 0 saturated heterocycles. The average molecular weight is 572 g/mol. The van der Waals surface area contributed by atoms with E-state index in [1.54, 1.807) is 0 Å². The summed E-state index contributed by atoms with van der Waals surface area (Å²) < 4.78 is 3.72. The van der Waals surface area contributed by atoms with Crippen LogP contribution in [0.25, 0.3) is 0 Å². The Morgan fingerprint density at radius 3 is 2.44 bits per heavy atom. The molecule has 0 aliphatic heterocycles. The van der Waals surface area contributed by atoms with E-state index in [2.05, 4.69) is 15.5 Å². The van der Waals surface area contributed by atoms with Crippen LogP contribution >= 0.6 is 23.2 Å². The van der Waals surface area contributed by atoms with Crippen molar-refractivity contribution in [3.05, 3.63) is 67.1 Å². The third-order valence-corrected chi connectivity index (χ3v) is 10.1. The fourth-order valence-corrected chi connectivity index (χ4v) is 8.63. The molecular formula is C28H32Cl2N6O3. The first-order valence-corrected chi connectivity index (χ1v) is 14.2. The highest BCUT2D eigenvalue weighted by Crippen LogP contribution is 2.65. The Morgan fingerprint density at radius 1 is 1.10 bits per heavy atom. The van der Waals surface area contributed by atoms with Crippen LogP contribution in [0.1, 0.15) is 67.6 Å². The van der Waals surface area contributed by atoms with Crippen LogP contribution in [0.2, 0.25) is 10.0 Å². The quantitative estimate of drug-likeness (QED) is 0.254. The molecule has 4 saturated carbocycles. The first-order chi connectivity index (χ1) is 18.5. The number of carbonyl (C=O) groups excluding carboxylic acids is 1. The van der Waals surface area contributed by atoms with E-state index in [4.69, 9.17) is 23.2 Å². The molecule has 2 unspecified atom stereocenters. The summed E-state index contributed by atoms with van der Waals surface area (Å²) in [5, 5.41) is 24.6. The maximum absolute atomic E-state index is 13.6. The number of nitrogens with one attached hydrogen (secondary N) is 1. The van der Waals surface area contributed by atoms with Gasteiger partial charge < -0.3 is 15.4 Å². The Kier molecular flexibility index (Phi) is 6.30. The van der Waals surface area contributed by atoms with Gasteiger partial charge in [-0.25, -0.2) is 0 Å². The molecule has 4 fully saturated rings. The number of aromatic nitrogens is 4. The second-order valence-electron chi connectivity index (χ2n) is 12.1. The molecule has 9 nitrogen and oxygen atoms in total. The lowest BCUT2D eigenvalue weighted by Crippen LogP contribution is -2.57. The van der Waals surface area contributed by atoms with Gasteiger partial charge in [0.25, 0.3) is 0 Å². The molecule has 3 aromatic rings. The van der Waals surface area contributed by atoms with Crippen LogP contribution in [0.5, 0.6) is 0 Å². The van der Waals surface area contributed by atoms with Crippen molar-refractivity contribution < 1.29 is 9.72 Å². The lowest BCUT2D eigenvalue weighted by molar-refractivity contribution is -0.389. The second kappa shape index (κ2) is 9.34. The number of rotatable bonds is 7. The molecule has 2 aromatic heterocycles. The van der Waals surface area contributed by atoms with E-state index >= 15 is 0 Å². The molecule has 7 rings (SSSR count). The molecule has 4 aliphatic carbocycles. The maximum atomic E-state index is 13.6. The summed E-state index contributed by atoms with van der Waals surface area (Å²) in [5.74, 6) is 0.651. The summed E-state index contributed by atoms with van der Waals surface area (Å²) in [6, 6.07) is 7.69. The number of benzene rings is 1. The minimum absolute atomic E-state index is 0.0169. The van der Waals surface area contributed by atoms with Crippen LogP contribution in [0.3, 0.4) is 0 Å². The zero-order valence-electron chi connectivity index (χ0n) is 22.3. The van der Waals surface area contributed by atoms with Gasteiger partial charge in [-0.05, 0) is 93.1 Å². The van der Waals surface area contributed by atoms with Gasteiger partial charge >= 0.3 is 5.82 Å². The smallest absolute Gasteiger partial charge is 0.358 e. The van der Waals surface area contributed by atoms with Crippen LogP contribution in [-0.2, 0) is 16.9 Å². The molecule has 0 radical (unpaired) electrons. The molecule has 2 atom stereocenters. The van der Waals surface area contributed by atoms with Crippen molar-refractivity contribution in [2.24, 2.45) is 17.3 Å². The molecule has 1 amide bonds. The normalized spacial score (nSPS) is 27.2. The standard InChI is InChI=1S/C28H32Cl2N6O3/c1-16-25(18(3)34(32-16)14-21-6-4-5-7-22(21)29)31-23(37)13-27-9-19-8-20(10-27)12-28(11-19,15-27)35-17(2)24(30)26(33-35)36(38)39/h4-7,19-20H,8-15H2,1-3H3,(H,31,37). The van der Waals surface area contributed by atoms with E-state index in [9.17, 15) is 14.9 Å². The Labute approximate surface area is 237 Å². The minimum Gasteiger partial charge on any atom is -0.358 e. The highest BCUT2D eigenvalue weighted by Gasteiger charge is 2.61. The molecule has 206 valence electrons. The maximum Gasteiger partial charge on any atom is 0.408 e. The second-order valence-corrected chi connectivity index (χ2v) is 12.9. The SMILES string of the molecule is Cc1nn(Cc2ccccc2Cl)c(C)c1NC(=O)CC12CC3CC(C1)CC(n1nc([N+](=O)[O-])c(Cl)c1C)(C3)C2. The summed E-state index contributed by atoms with van der Waals surface area (Å²) in [5.41, 5.74) is 3.51. The van der Waals surface area contributed by atoms with Crippen LogP contribution in [0.4, 0.5) is 11.5 Å². The van der Waals surface area contributed by atoms with E-state index in [0.29, 0.717) is 35.5 Å². The Balaban J connectivity index is 1.24. The number of nitro groups is 1. The molecule has 39 heavy (non-hydrogen) atoms.